The van der Waals surface area contributed by atoms with Crippen LogP contribution in [0.25, 0.3) is 10.9 Å². The Morgan fingerprint density at radius 3 is 2.43 bits per heavy atom. The number of carbonyl (C=O) groups is 1. The van der Waals surface area contributed by atoms with Gasteiger partial charge in [-0.05, 0) is 55.3 Å². The zero-order chi connectivity index (χ0) is 21.5. The molecule has 4 rings (SSSR count). The summed E-state index contributed by atoms with van der Waals surface area (Å²) in [5.74, 6) is 0.493. The largest absolute Gasteiger partial charge is 0.497 e. The quantitative estimate of drug-likeness (QED) is 0.558. The van der Waals surface area contributed by atoms with E-state index >= 15 is 0 Å². The van der Waals surface area contributed by atoms with E-state index in [1.54, 1.807) is 48.0 Å². The third-order valence-corrected chi connectivity index (χ3v) is 8.33. The fourth-order valence-corrected chi connectivity index (χ4v) is 5.98. The molecule has 0 aliphatic carbocycles. The Balaban J connectivity index is 1.50. The summed E-state index contributed by atoms with van der Waals surface area (Å²) in [6.07, 6.45) is 0.808. The average molecular weight is 492 g/mol. The van der Waals surface area contributed by atoms with E-state index in [0.29, 0.717) is 37.4 Å². The number of aromatic nitrogens is 2. The summed E-state index contributed by atoms with van der Waals surface area (Å²) >= 11 is 3.42. The maximum Gasteiger partial charge on any atom is 0.272 e. The van der Waals surface area contributed by atoms with Crippen LogP contribution in [-0.2, 0) is 16.9 Å². The lowest BCUT2D eigenvalue weighted by Crippen LogP contribution is -2.43. The predicted octanol–water partition coefficient (Wildman–Crippen LogP) is 3.42. The van der Waals surface area contributed by atoms with E-state index in [-0.39, 0.29) is 10.8 Å². The number of methoxy groups -OCH3 is 1. The lowest BCUT2D eigenvalue weighted by atomic mass is 10.1. The molecule has 0 spiro atoms. The molecule has 2 heterocycles. The summed E-state index contributed by atoms with van der Waals surface area (Å²) in [5, 5.41) is 4.72. The molecule has 3 aromatic rings. The molecule has 1 fully saturated rings. The van der Waals surface area contributed by atoms with E-state index < -0.39 is 15.1 Å². The van der Waals surface area contributed by atoms with Gasteiger partial charge in [-0.15, -0.1) is 0 Å². The van der Waals surface area contributed by atoms with Crippen molar-refractivity contribution < 1.29 is 17.9 Å². The highest BCUT2D eigenvalue weighted by Crippen LogP contribution is 2.28. The number of nitrogens with zero attached hydrogens (tertiary/aromatic N) is 3. The monoisotopic (exact) mass is 491 g/mol. The molecule has 1 aliphatic rings. The van der Waals surface area contributed by atoms with E-state index in [1.807, 2.05) is 18.2 Å². The minimum Gasteiger partial charge on any atom is -0.497 e. The van der Waals surface area contributed by atoms with Crippen LogP contribution >= 0.6 is 15.9 Å². The summed E-state index contributed by atoms with van der Waals surface area (Å²) in [5.41, 5.74) is 1.26. The maximum absolute atomic E-state index is 13.2. The number of carbonyl (C=O) groups excluding carboxylic acids is 1. The Morgan fingerprint density at radius 1 is 1.13 bits per heavy atom. The van der Waals surface area contributed by atoms with Crippen LogP contribution in [0.1, 0.15) is 23.3 Å². The van der Waals surface area contributed by atoms with Crippen molar-refractivity contribution in [3.63, 3.8) is 0 Å². The molecule has 2 aromatic carbocycles. The lowest BCUT2D eigenvalue weighted by molar-refractivity contribution is 0.0716. The van der Waals surface area contributed by atoms with Crippen LogP contribution in [0.15, 0.2) is 51.8 Å². The van der Waals surface area contributed by atoms with Gasteiger partial charge in [-0.2, -0.15) is 5.10 Å². The minimum atomic E-state index is -3.45. The Labute approximate surface area is 183 Å². The van der Waals surface area contributed by atoms with Crippen LogP contribution in [0.5, 0.6) is 5.75 Å². The third-order valence-electron chi connectivity index (χ3n) is 5.55. The van der Waals surface area contributed by atoms with Gasteiger partial charge >= 0.3 is 0 Å². The van der Waals surface area contributed by atoms with Crippen molar-refractivity contribution in [2.75, 3.05) is 20.2 Å². The molecular weight excluding hydrogens is 470 g/mol. The number of halogens is 1. The van der Waals surface area contributed by atoms with Crippen LogP contribution in [-0.4, -0.2) is 54.5 Å². The van der Waals surface area contributed by atoms with Gasteiger partial charge in [0.2, 0.25) is 0 Å². The molecule has 1 amide bonds. The second kappa shape index (κ2) is 8.03. The topological polar surface area (TPSA) is 81.5 Å². The number of benzene rings is 2. The van der Waals surface area contributed by atoms with Crippen LogP contribution in [0.2, 0.25) is 0 Å². The second-order valence-electron chi connectivity index (χ2n) is 7.35. The summed E-state index contributed by atoms with van der Waals surface area (Å²) in [7, 11) is -0.160. The first-order valence-electron chi connectivity index (χ1n) is 9.61. The average Bonchev–Trinajstić information content (AvgIpc) is 3.08. The molecule has 0 bridgehead atoms. The Bertz CT molecular complexity index is 1200. The number of hydrogen-bond acceptors (Lipinski definition) is 5. The number of ether oxygens (including phenoxy) is 1. The van der Waals surface area contributed by atoms with Gasteiger partial charge in [0.15, 0.2) is 9.84 Å². The number of aryl methyl sites for hydroxylation is 1. The van der Waals surface area contributed by atoms with Crippen molar-refractivity contribution in [3.8, 4) is 5.75 Å². The number of sulfone groups is 1. The minimum absolute atomic E-state index is 0.123. The van der Waals surface area contributed by atoms with Crippen molar-refractivity contribution >= 4 is 42.6 Å². The molecule has 1 aliphatic heterocycles. The van der Waals surface area contributed by atoms with Crippen molar-refractivity contribution in [1.82, 2.24) is 14.7 Å². The van der Waals surface area contributed by atoms with Gasteiger partial charge in [0.1, 0.15) is 11.4 Å². The van der Waals surface area contributed by atoms with Gasteiger partial charge in [-0.1, -0.05) is 15.9 Å². The molecule has 9 heteroatoms. The zero-order valence-corrected chi connectivity index (χ0v) is 19.1. The summed E-state index contributed by atoms with van der Waals surface area (Å²) < 4.78 is 33.6. The fraction of sp³-hybridized carbons (Fsp3) is 0.333. The second-order valence-corrected chi connectivity index (χ2v) is 10.5. The lowest BCUT2D eigenvalue weighted by Gasteiger charge is -2.31. The standard InChI is InChI=1S/C21H22BrN3O4S/c1-24-20(18-8-3-14(22)13-19(18)23-24)21(26)25-11-9-17(10-12-25)30(27,28)16-6-4-15(29-2)5-7-16/h3-8,13,17H,9-12H2,1-2H3. The molecule has 0 saturated carbocycles. The van der Waals surface area contributed by atoms with E-state index in [9.17, 15) is 13.2 Å². The van der Waals surface area contributed by atoms with Gasteiger partial charge in [-0.3, -0.25) is 9.48 Å². The molecule has 7 nitrogen and oxygen atoms in total. The van der Waals surface area contributed by atoms with Crippen molar-refractivity contribution in [2.45, 2.75) is 23.0 Å². The van der Waals surface area contributed by atoms with Gasteiger partial charge in [-0.25, -0.2) is 8.42 Å². The summed E-state index contributed by atoms with van der Waals surface area (Å²) in [6.45, 7) is 0.782. The predicted molar refractivity (Wildman–Crippen MR) is 118 cm³/mol. The molecule has 0 N–H and O–H groups in total. The van der Waals surface area contributed by atoms with E-state index in [1.165, 1.54) is 0 Å². The first kappa shape index (κ1) is 20.9. The van der Waals surface area contributed by atoms with Crippen LogP contribution < -0.4 is 4.74 Å². The highest BCUT2D eigenvalue weighted by Gasteiger charge is 2.34. The van der Waals surface area contributed by atoms with Crippen molar-refractivity contribution in [3.05, 3.63) is 52.6 Å². The first-order valence-corrected chi connectivity index (χ1v) is 11.9. The van der Waals surface area contributed by atoms with E-state index in [4.69, 9.17) is 4.74 Å². The van der Waals surface area contributed by atoms with Gasteiger partial charge < -0.3 is 9.64 Å². The zero-order valence-electron chi connectivity index (χ0n) is 16.7. The number of rotatable bonds is 4. The van der Waals surface area contributed by atoms with E-state index in [2.05, 4.69) is 21.0 Å². The Hall–Kier alpha value is -2.39. The fourth-order valence-electron chi connectivity index (χ4n) is 3.90. The summed E-state index contributed by atoms with van der Waals surface area (Å²) in [4.78, 5) is 15.2. The van der Waals surface area contributed by atoms with Gasteiger partial charge in [0, 0.05) is 30.0 Å². The molecule has 0 unspecified atom stereocenters. The number of amides is 1. The normalized spacial score (nSPS) is 15.5. The molecular formula is C21H22BrN3O4S. The highest BCUT2D eigenvalue weighted by molar-refractivity contribution is 9.10. The molecule has 30 heavy (non-hydrogen) atoms. The SMILES string of the molecule is COc1ccc(S(=O)(=O)C2CCN(C(=O)c3c4ccc(Br)cc4nn3C)CC2)cc1. The third kappa shape index (κ3) is 3.72. The Morgan fingerprint density at radius 2 is 1.80 bits per heavy atom. The molecule has 0 atom stereocenters. The van der Waals surface area contributed by atoms with Crippen LogP contribution in [0.3, 0.4) is 0 Å². The number of hydrogen-bond donors (Lipinski definition) is 0. The molecule has 1 saturated heterocycles. The van der Waals surface area contributed by atoms with E-state index in [0.717, 1.165) is 15.4 Å². The van der Waals surface area contributed by atoms with Crippen molar-refractivity contribution in [1.29, 1.82) is 0 Å². The number of piperidine rings is 1. The maximum atomic E-state index is 13.2. The first-order chi connectivity index (χ1) is 14.3. The van der Waals surface area contributed by atoms with Gasteiger partial charge in [0.25, 0.3) is 5.91 Å². The van der Waals surface area contributed by atoms with Crippen LogP contribution in [0.4, 0.5) is 0 Å². The van der Waals surface area contributed by atoms with Crippen molar-refractivity contribution in [2.24, 2.45) is 7.05 Å². The highest BCUT2D eigenvalue weighted by atomic mass is 79.9. The number of likely N-dealkylation sites (tertiary alicyclic amines) is 1. The van der Waals surface area contributed by atoms with Crippen LogP contribution in [0, 0.1) is 0 Å². The number of fused-ring (bicyclic) bond motifs is 1. The van der Waals surface area contributed by atoms with Gasteiger partial charge in [0.05, 0.1) is 22.8 Å². The molecule has 0 radical (unpaired) electrons. The Kier molecular flexibility index (Phi) is 5.59. The molecule has 158 valence electrons. The summed E-state index contributed by atoms with van der Waals surface area (Å²) in [6, 6.07) is 12.1. The smallest absolute Gasteiger partial charge is 0.272 e. The molecule has 1 aromatic heterocycles.